The van der Waals surface area contributed by atoms with Crippen molar-refractivity contribution in [2.45, 2.75) is 32.7 Å². The third-order valence-electron chi connectivity index (χ3n) is 5.20. The summed E-state index contributed by atoms with van der Waals surface area (Å²) in [5.74, 6) is 0.726. The van der Waals surface area contributed by atoms with Crippen LogP contribution in [0.2, 0.25) is 0 Å². The normalized spacial score (nSPS) is 16.7. The molecule has 0 amide bonds. The molecule has 4 rings (SSSR count). The second kappa shape index (κ2) is 7.59. The Morgan fingerprint density at radius 3 is 1.96 bits per heavy atom. The van der Waals surface area contributed by atoms with E-state index < -0.39 is 0 Å². The predicted molar refractivity (Wildman–Crippen MR) is 114 cm³/mol. The zero-order chi connectivity index (χ0) is 19.6. The predicted octanol–water partition coefficient (Wildman–Crippen LogP) is 5.45. The standard InChI is InChI=1S/C25H26N2O/c1-25(2,3)22-17-28-24(27-22)21-16-10-15-20(26-21)23(18-11-6-4-7-12-18)19-13-8-5-9-14-19/h4-16,22-23H,17H2,1-3H3/t22-/m0/s1. The van der Waals surface area contributed by atoms with E-state index in [2.05, 4.69) is 75.4 Å². The van der Waals surface area contributed by atoms with Crippen molar-refractivity contribution in [1.29, 1.82) is 0 Å². The highest BCUT2D eigenvalue weighted by Gasteiger charge is 2.31. The second-order valence-corrected chi connectivity index (χ2v) is 8.33. The van der Waals surface area contributed by atoms with Crippen molar-refractivity contribution in [2.75, 3.05) is 6.61 Å². The van der Waals surface area contributed by atoms with Crippen molar-refractivity contribution in [2.24, 2.45) is 10.4 Å². The van der Waals surface area contributed by atoms with E-state index >= 15 is 0 Å². The molecule has 0 radical (unpaired) electrons. The second-order valence-electron chi connectivity index (χ2n) is 8.33. The van der Waals surface area contributed by atoms with Gasteiger partial charge in [0.1, 0.15) is 12.3 Å². The zero-order valence-corrected chi connectivity index (χ0v) is 16.7. The minimum atomic E-state index is 0.0720. The van der Waals surface area contributed by atoms with Gasteiger partial charge in [0.15, 0.2) is 0 Å². The average Bonchev–Trinajstić information content (AvgIpc) is 3.21. The molecular formula is C25H26N2O. The molecule has 3 nitrogen and oxygen atoms in total. The lowest BCUT2D eigenvalue weighted by molar-refractivity contribution is 0.235. The molecule has 0 aliphatic carbocycles. The summed E-state index contributed by atoms with van der Waals surface area (Å²) in [5.41, 5.74) is 4.33. The molecule has 1 aliphatic rings. The molecule has 142 valence electrons. The summed E-state index contributed by atoms with van der Waals surface area (Å²) < 4.78 is 5.91. The SMILES string of the molecule is CC(C)(C)[C@@H]1COC(c2cccc(C(c3ccccc3)c3ccccc3)n2)=N1. The van der Waals surface area contributed by atoms with Crippen LogP contribution in [0.5, 0.6) is 0 Å². The molecule has 0 bridgehead atoms. The zero-order valence-electron chi connectivity index (χ0n) is 16.7. The van der Waals surface area contributed by atoms with Crippen molar-refractivity contribution in [1.82, 2.24) is 4.98 Å². The first-order chi connectivity index (χ1) is 13.5. The number of pyridine rings is 1. The largest absolute Gasteiger partial charge is 0.474 e. The quantitative estimate of drug-likeness (QED) is 0.612. The van der Waals surface area contributed by atoms with Crippen LogP contribution in [0.15, 0.2) is 83.9 Å². The van der Waals surface area contributed by atoms with Gasteiger partial charge in [0.2, 0.25) is 5.90 Å². The van der Waals surface area contributed by atoms with E-state index in [9.17, 15) is 0 Å². The molecule has 2 heterocycles. The van der Waals surface area contributed by atoms with E-state index in [1.165, 1.54) is 11.1 Å². The van der Waals surface area contributed by atoms with Gasteiger partial charge in [-0.1, -0.05) is 87.5 Å². The van der Waals surface area contributed by atoms with Gasteiger partial charge in [-0.15, -0.1) is 0 Å². The molecule has 0 unspecified atom stereocenters. The Kier molecular flexibility index (Phi) is 4.99. The van der Waals surface area contributed by atoms with E-state index in [0.717, 1.165) is 11.4 Å². The summed E-state index contributed by atoms with van der Waals surface area (Å²) in [7, 11) is 0. The number of hydrogen-bond acceptors (Lipinski definition) is 3. The van der Waals surface area contributed by atoms with Crippen LogP contribution in [0.3, 0.4) is 0 Å². The Labute approximate surface area is 167 Å². The summed E-state index contributed by atoms with van der Waals surface area (Å²) in [6.45, 7) is 7.19. The molecular weight excluding hydrogens is 344 g/mol. The lowest BCUT2D eigenvalue weighted by Crippen LogP contribution is -2.25. The number of aromatic nitrogens is 1. The summed E-state index contributed by atoms with van der Waals surface area (Å²) in [6.07, 6.45) is 0. The lowest BCUT2D eigenvalue weighted by Gasteiger charge is -2.21. The Bertz CT molecular complexity index is 919. The van der Waals surface area contributed by atoms with Gasteiger partial charge in [-0.3, -0.25) is 0 Å². The van der Waals surface area contributed by atoms with Crippen LogP contribution in [-0.2, 0) is 4.74 Å². The fraction of sp³-hybridized carbons (Fsp3) is 0.280. The smallest absolute Gasteiger partial charge is 0.235 e. The van der Waals surface area contributed by atoms with Crippen LogP contribution in [0.1, 0.15) is 49.2 Å². The number of rotatable bonds is 4. The first kappa shape index (κ1) is 18.4. The van der Waals surface area contributed by atoms with Crippen molar-refractivity contribution in [3.8, 4) is 0 Å². The van der Waals surface area contributed by atoms with E-state index in [0.29, 0.717) is 12.5 Å². The van der Waals surface area contributed by atoms with E-state index in [4.69, 9.17) is 14.7 Å². The summed E-state index contributed by atoms with van der Waals surface area (Å²) in [5, 5.41) is 0. The fourth-order valence-corrected chi connectivity index (χ4v) is 3.51. The molecule has 28 heavy (non-hydrogen) atoms. The third-order valence-corrected chi connectivity index (χ3v) is 5.20. The van der Waals surface area contributed by atoms with Gasteiger partial charge < -0.3 is 4.74 Å². The van der Waals surface area contributed by atoms with Gasteiger partial charge in [0, 0.05) is 0 Å². The minimum Gasteiger partial charge on any atom is -0.474 e. The van der Waals surface area contributed by atoms with Crippen molar-refractivity contribution in [3.63, 3.8) is 0 Å². The van der Waals surface area contributed by atoms with Gasteiger partial charge in [-0.05, 0) is 28.7 Å². The summed E-state index contributed by atoms with van der Waals surface area (Å²) >= 11 is 0. The monoisotopic (exact) mass is 370 g/mol. The van der Waals surface area contributed by atoms with Crippen molar-refractivity contribution in [3.05, 3.63) is 101 Å². The highest BCUT2D eigenvalue weighted by Crippen LogP contribution is 2.31. The van der Waals surface area contributed by atoms with Gasteiger partial charge >= 0.3 is 0 Å². The topological polar surface area (TPSA) is 34.5 Å². The van der Waals surface area contributed by atoms with Gasteiger partial charge in [0.05, 0.1) is 17.7 Å². The molecule has 0 spiro atoms. The number of aliphatic imine (C=N–C) groups is 1. The number of nitrogens with zero attached hydrogens (tertiary/aromatic N) is 2. The van der Waals surface area contributed by atoms with E-state index in [-0.39, 0.29) is 17.4 Å². The van der Waals surface area contributed by atoms with E-state index in [1.54, 1.807) is 0 Å². The van der Waals surface area contributed by atoms with Crippen LogP contribution in [0.25, 0.3) is 0 Å². The molecule has 1 aromatic heterocycles. The number of ether oxygens (including phenoxy) is 1. The Morgan fingerprint density at radius 2 is 1.43 bits per heavy atom. The third kappa shape index (κ3) is 3.84. The minimum absolute atomic E-state index is 0.0720. The Morgan fingerprint density at radius 1 is 0.821 bits per heavy atom. The molecule has 0 fully saturated rings. The fourth-order valence-electron chi connectivity index (χ4n) is 3.51. The molecule has 0 N–H and O–H groups in total. The van der Waals surface area contributed by atoms with Crippen LogP contribution < -0.4 is 0 Å². The molecule has 0 saturated heterocycles. The first-order valence-corrected chi connectivity index (χ1v) is 9.80. The first-order valence-electron chi connectivity index (χ1n) is 9.80. The molecule has 2 aromatic carbocycles. The number of hydrogen-bond donors (Lipinski definition) is 0. The molecule has 3 heteroatoms. The molecule has 3 aromatic rings. The van der Waals surface area contributed by atoms with Gasteiger partial charge in [-0.25, -0.2) is 9.98 Å². The van der Waals surface area contributed by atoms with Crippen molar-refractivity contribution < 1.29 is 4.74 Å². The molecule has 1 atom stereocenters. The van der Waals surface area contributed by atoms with Gasteiger partial charge in [-0.2, -0.15) is 0 Å². The summed E-state index contributed by atoms with van der Waals surface area (Å²) in [6, 6.07) is 27.3. The average molecular weight is 370 g/mol. The Hall–Kier alpha value is -2.94. The van der Waals surface area contributed by atoms with Gasteiger partial charge in [0.25, 0.3) is 0 Å². The van der Waals surface area contributed by atoms with Crippen LogP contribution >= 0.6 is 0 Å². The molecule has 0 saturated carbocycles. The van der Waals surface area contributed by atoms with Crippen LogP contribution in [0, 0.1) is 5.41 Å². The highest BCUT2D eigenvalue weighted by molar-refractivity contribution is 5.93. The maximum atomic E-state index is 5.91. The lowest BCUT2D eigenvalue weighted by atomic mass is 9.88. The van der Waals surface area contributed by atoms with E-state index in [1.807, 2.05) is 24.3 Å². The highest BCUT2D eigenvalue weighted by atomic mass is 16.5. The molecule has 1 aliphatic heterocycles. The maximum absolute atomic E-state index is 5.91. The maximum Gasteiger partial charge on any atom is 0.235 e. The van der Waals surface area contributed by atoms with Crippen LogP contribution in [-0.4, -0.2) is 23.5 Å². The van der Waals surface area contributed by atoms with Crippen molar-refractivity contribution >= 4 is 5.90 Å². The number of benzene rings is 2. The summed E-state index contributed by atoms with van der Waals surface area (Å²) in [4.78, 5) is 9.78. The van der Waals surface area contributed by atoms with Crippen LogP contribution in [0.4, 0.5) is 0 Å². The Balaban J connectivity index is 1.74.